The molecular weight excluding hydrogens is 292 g/mol. The summed E-state index contributed by atoms with van der Waals surface area (Å²) in [5.74, 6) is 0.785. The normalized spacial score (nSPS) is 21.1. The molecule has 1 aromatic carbocycles. The van der Waals surface area contributed by atoms with Gasteiger partial charge in [-0.25, -0.2) is 4.79 Å². The van der Waals surface area contributed by atoms with E-state index in [1.807, 2.05) is 32.9 Å². The minimum atomic E-state index is -0.472. The number of benzene rings is 1. The molecule has 0 spiro atoms. The van der Waals surface area contributed by atoms with Gasteiger partial charge >= 0.3 is 6.09 Å². The lowest BCUT2D eigenvalue weighted by Crippen LogP contribution is -2.42. The molecule has 2 rings (SSSR count). The quantitative estimate of drug-likeness (QED) is 0.921. The second kappa shape index (κ2) is 7.36. The molecular formula is C18H24N2O3. The van der Waals surface area contributed by atoms with E-state index in [1.165, 1.54) is 0 Å². The summed E-state index contributed by atoms with van der Waals surface area (Å²) in [7, 11) is 0. The summed E-state index contributed by atoms with van der Waals surface area (Å²) in [6, 6.07) is 9.39. The van der Waals surface area contributed by atoms with Crippen molar-refractivity contribution in [3.63, 3.8) is 0 Å². The zero-order valence-electron chi connectivity index (χ0n) is 14.0. The molecule has 0 unspecified atom stereocenters. The monoisotopic (exact) mass is 316 g/mol. The van der Waals surface area contributed by atoms with Gasteiger partial charge in [0.05, 0.1) is 17.7 Å². The van der Waals surface area contributed by atoms with Crippen LogP contribution in [0.3, 0.4) is 0 Å². The molecule has 0 heterocycles. The molecule has 1 amide bonds. The summed E-state index contributed by atoms with van der Waals surface area (Å²) < 4.78 is 11.2. The average molecular weight is 316 g/mol. The van der Waals surface area contributed by atoms with Crippen molar-refractivity contribution in [2.24, 2.45) is 0 Å². The number of carbonyl (C=O) groups excluding carboxylic acids is 1. The van der Waals surface area contributed by atoms with Gasteiger partial charge in [0.2, 0.25) is 0 Å². The Bertz CT molecular complexity index is 561. The number of nitrogens with one attached hydrogen (secondary N) is 1. The Hall–Kier alpha value is -2.22. The van der Waals surface area contributed by atoms with E-state index >= 15 is 0 Å². The van der Waals surface area contributed by atoms with Crippen LogP contribution in [-0.4, -0.2) is 23.8 Å². The van der Waals surface area contributed by atoms with Gasteiger partial charge in [0.25, 0.3) is 0 Å². The maximum Gasteiger partial charge on any atom is 0.407 e. The minimum Gasteiger partial charge on any atom is -0.490 e. The fourth-order valence-electron chi connectivity index (χ4n) is 2.60. The van der Waals surface area contributed by atoms with Gasteiger partial charge in [-0.05, 0) is 70.7 Å². The first-order valence-electron chi connectivity index (χ1n) is 8.02. The standard InChI is InChI=1S/C18H24N2O3/c1-18(2,3)23-17(21)20-14-6-10-16(11-7-14)22-15-8-4-13(12-19)5-9-15/h4-5,8-9,14,16H,6-7,10-11H2,1-3H3,(H,20,21). The summed E-state index contributed by atoms with van der Waals surface area (Å²) >= 11 is 0. The number of nitriles is 1. The van der Waals surface area contributed by atoms with Gasteiger partial charge in [-0.3, -0.25) is 0 Å². The SMILES string of the molecule is CC(C)(C)OC(=O)NC1CCC(Oc2ccc(C#N)cc2)CC1. The van der Waals surface area contributed by atoms with Gasteiger partial charge in [0.1, 0.15) is 11.4 Å². The zero-order chi connectivity index (χ0) is 16.9. The molecule has 23 heavy (non-hydrogen) atoms. The number of nitrogens with zero attached hydrogens (tertiary/aromatic N) is 1. The lowest BCUT2D eigenvalue weighted by atomic mass is 9.93. The fraction of sp³-hybridized carbons (Fsp3) is 0.556. The van der Waals surface area contributed by atoms with E-state index in [2.05, 4.69) is 11.4 Å². The van der Waals surface area contributed by atoms with Crippen molar-refractivity contribution in [2.45, 2.75) is 64.2 Å². The maximum absolute atomic E-state index is 11.8. The highest BCUT2D eigenvalue weighted by molar-refractivity contribution is 5.68. The minimum absolute atomic E-state index is 0.144. The summed E-state index contributed by atoms with van der Waals surface area (Å²) in [5, 5.41) is 11.7. The number of ether oxygens (including phenoxy) is 2. The van der Waals surface area contributed by atoms with E-state index in [0.29, 0.717) is 5.56 Å². The summed E-state index contributed by atoms with van der Waals surface area (Å²) in [6.07, 6.45) is 3.33. The van der Waals surface area contributed by atoms with Gasteiger partial charge < -0.3 is 14.8 Å². The highest BCUT2D eigenvalue weighted by Crippen LogP contribution is 2.24. The maximum atomic E-state index is 11.8. The third kappa shape index (κ3) is 5.82. The van der Waals surface area contributed by atoms with Crippen molar-refractivity contribution in [1.82, 2.24) is 5.32 Å². The fourth-order valence-corrected chi connectivity index (χ4v) is 2.60. The Morgan fingerprint density at radius 2 is 1.78 bits per heavy atom. The molecule has 0 radical (unpaired) electrons. The van der Waals surface area contributed by atoms with Crippen LogP contribution in [0.25, 0.3) is 0 Å². The van der Waals surface area contributed by atoms with Crippen molar-refractivity contribution >= 4 is 6.09 Å². The van der Waals surface area contributed by atoms with Crippen LogP contribution in [0.1, 0.15) is 52.0 Å². The van der Waals surface area contributed by atoms with Gasteiger partial charge in [-0.2, -0.15) is 5.26 Å². The Labute approximate surface area is 137 Å². The molecule has 1 N–H and O–H groups in total. The number of hydrogen-bond donors (Lipinski definition) is 1. The predicted molar refractivity (Wildman–Crippen MR) is 87.2 cm³/mol. The summed E-state index contributed by atoms with van der Waals surface area (Å²) in [5.41, 5.74) is 0.155. The highest BCUT2D eigenvalue weighted by atomic mass is 16.6. The molecule has 124 valence electrons. The Morgan fingerprint density at radius 1 is 1.17 bits per heavy atom. The van der Waals surface area contributed by atoms with Gasteiger partial charge in [-0.1, -0.05) is 0 Å². The molecule has 0 aromatic heterocycles. The van der Waals surface area contributed by atoms with Crippen molar-refractivity contribution in [3.8, 4) is 11.8 Å². The number of amides is 1. The molecule has 0 atom stereocenters. The van der Waals surface area contributed by atoms with E-state index in [4.69, 9.17) is 14.7 Å². The first-order chi connectivity index (χ1) is 10.9. The van der Waals surface area contributed by atoms with Crippen LogP contribution in [0.2, 0.25) is 0 Å². The second-order valence-electron chi connectivity index (χ2n) is 6.87. The average Bonchev–Trinajstić information content (AvgIpc) is 2.48. The van der Waals surface area contributed by atoms with Gasteiger partial charge in [-0.15, -0.1) is 0 Å². The Kier molecular flexibility index (Phi) is 5.49. The first kappa shape index (κ1) is 17.1. The van der Waals surface area contributed by atoms with Gasteiger partial charge in [0.15, 0.2) is 0 Å². The largest absolute Gasteiger partial charge is 0.490 e. The second-order valence-corrected chi connectivity index (χ2v) is 6.87. The molecule has 0 bridgehead atoms. The van der Waals surface area contributed by atoms with Crippen LogP contribution in [0.4, 0.5) is 4.79 Å². The van der Waals surface area contributed by atoms with E-state index in [0.717, 1.165) is 31.4 Å². The molecule has 1 aliphatic carbocycles. The smallest absolute Gasteiger partial charge is 0.407 e. The summed E-state index contributed by atoms with van der Waals surface area (Å²) in [6.45, 7) is 5.57. The molecule has 5 heteroatoms. The summed E-state index contributed by atoms with van der Waals surface area (Å²) in [4.78, 5) is 11.8. The Balaban J connectivity index is 1.75. The number of hydrogen-bond acceptors (Lipinski definition) is 4. The molecule has 1 saturated carbocycles. The Morgan fingerprint density at radius 3 is 2.30 bits per heavy atom. The van der Waals surface area contributed by atoms with Crippen molar-refractivity contribution in [3.05, 3.63) is 29.8 Å². The number of alkyl carbamates (subject to hydrolysis) is 1. The molecule has 1 aromatic rings. The molecule has 0 saturated heterocycles. The van der Waals surface area contributed by atoms with E-state index in [9.17, 15) is 4.79 Å². The number of carbonyl (C=O) groups is 1. The van der Waals surface area contributed by atoms with Crippen LogP contribution < -0.4 is 10.1 Å². The topological polar surface area (TPSA) is 71.3 Å². The van der Waals surface area contributed by atoms with E-state index in [1.54, 1.807) is 12.1 Å². The van der Waals surface area contributed by atoms with Crippen LogP contribution in [-0.2, 0) is 4.74 Å². The molecule has 5 nitrogen and oxygen atoms in total. The molecule has 1 fully saturated rings. The van der Waals surface area contributed by atoms with Crippen LogP contribution >= 0.6 is 0 Å². The lowest BCUT2D eigenvalue weighted by molar-refractivity contribution is 0.0471. The van der Waals surface area contributed by atoms with Crippen LogP contribution in [0.5, 0.6) is 5.75 Å². The first-order valence-corrected chi connectivity index (χ1v) is 8.02. The van der Waals surface area contributed by atoms with Crippen molar-refractivity contribution in [2.75, 3.05) is 0 Å². The van der Waals surface area contributed by atoms with Gasteiger partial charge in [0, 0.05) is 6.04 Å². The zero-order valence-corrected chi connectivity index (χ0v) is 14.0. The lowest BCUT2D eigenvalue weighted by Gasteiger charge is -2.30. The molecule has 0 aliphatic heterocycles. The van der Waals surface area contributed by atoms with Crippen LogP contribution in [0, 0.1) is 11.3 Å². The third-order valence-corrected chi connectivity index (χ3v) is 3.68. The third-order valence-electron chi connectivity index (χ3n) is 3.68. The van der Waals surface area contributed by atoms with E-state index < -0.39 is 5.60 Å². The predicted octanol–water partition coefficient (Wildman–Crippen LogP) is 3.77. The number of rotatable bonds is 3. The van der Waals surface area contributed by atoms with E-state index in [-0.39, 0.29) is 18.2 Å². The van der Waals surface area contributed by atoms with Crippen molar-refractivity contribution < 1.29 is 14.3 Å². The highest BCUT2D eigenvalue weighted by Gasteiger charge is 2.25. The van der Waals surface area contributed by atoms with Crippen molar-refractivity contribution in [1.29, 1.82) is 5.26 Å². The molecule has 1 aliphatic rings. The van der Waals surface area contributed by atoms with Crippen LogP contribution in [0.15, 0.2) is 24.3 Å².